The number of aliphatic hydroxyl groups is 1. The van der Waals surface area contributed by atoms with Gasteiger partial charge in [-0.15, -0.1) is 0 Å². The van der Waals surface area contributed by atoms with Crippen LogP contribution in [0, 0.1) is 24.2 Å². The Balaban J connectivity index is 1.32. The van der Waals surface area contributed by atoms with Gasteiger partial charge in [0, 0.05) is 0 Å². The highest BCUT2D eigenvalue weighted by atomic mass is 16.6. The van der Waals surface area contributed by atoms with Crippen molar-refractivity contribution in [1.29, 1.82) is 0 Å². The van der Waals surface area contributed by atoms with Crippen molar-refractivity contribution in [3.63, 3.8) is 0 Å². The van der Waals surface area contributed by atoms with E-state index in [4.69, 9.17) is 9.47 Å². The van der Waals surface area contributed by atoms with Gasteiger partial charge >= 0.3 is 5.97 Å². The number of carbonyl (C=O) groups excluding carboxylic acids is 1. The predicted molar refractivity (Wildman–Crippen MR) is 89.7 cm³/mol. The Hall–Kier alpha value is -1.55. The highest BCUT2D eigenvalue weighted by molar-refractivity contribution is 5.77. The molecule has 4 nitrogen and oxygen atoms in total. The van der Waals surface area contributed by atoms with Gasteiger partial charge in [-0.25, -0.2) is 0 Å². The van der Waals surface area contributed by atoms with Crippen LogP contribution in [0.25, 0.3) is 0 Å². The van der Waals surface area contributed by atoms with Gasteiger partial charge < -0.3 is 14.6 Å². The Bertz CT molecular complexity index is 624. The molecule has 1 aromatic rings. The van der Waals surface area contributed by atoms with E-state index in [0.717, 1.165) is 37.0 Å². The summed E-state index contributed by atoms with van der Waals surface area (Å²) < 4.78 is 11.2. The van der Waals surface area contributed by atoms with E-state index in [1.165, 1.54) is 6.42 Å². The fourth-order valence-corrected chi connectivity index (χ4v) is 5.61. The Morgan fingerprint density at radius 2 is 1.96 bits per heavy atom. The molecule has 24 heavy (non-hydrogen) atoms. The van der Waals surface area contributed by atoms with Gasteiger partial charge in [-0.05, 0) is 75.0 Å². The topological polar surface area (TPSA) is 55.8 Å². The number of esters is 1. The average molecular weight is 330 g/mol. The van der Waals surface area contributed by atoms with Gasteiger partial charge in [0.15, 0.2) is 0 Å². The lowest BCUT2D eigenvalue weighted by Crippen LogP contribution is -2.58. The Morgan fingerprint density at radius 1 is 1.21 bits per heavy atom. The van der Waals surface area contributed by atoms with Crippen molar-refractivity contribution < 1.29 is 19.4 Å². The molecule has 4 heteroatoms. The molecule has 4 aliphatic carbocycles. The van der Waals surface area contributed by atoms with Crippen LogP contribution < -0.4 is 4.74 Å². The highest BCUT2D eigenvalue weighted by Crippen LogP contribution is 2.61. The van der Waals surface area contributed by atoms with Crippen LogP contribution in [-0.2, 0) is 9.53 Å². The Morgan fingerprint density at radius 3 is 2.62 bits per heavy atom. The van der Waals surface area contributed by atoms with Crippen molar-refractivity contribution in [2.75, 3.05) is 13.2 Å². The second-order valence-corrected chi connectivity index (χ2v) is 8.27. The molecule has 4 aliphatic rings. The van der Waals surface area contributed by atoms with E-state index in [1.54, 1.807) is 0 Å². The summed E-state index contributed by atoms with van der Waals surface area (Å²) in [5.74, 6) is 1.66. The van der Waals surface area contributed by atoms with Gasteiger partial charge in [0.1, 0.15) is 19.0 Å². The van der Waals surface area contributed by atoms with Gasteiger partial charge in [-0.2, -0.15) is 0 Å². The molecule has 0 radical (unpaired) electrons. The summed E-state index contributed by atoms with van der Waals surface area (Å²) in [6, 6.07) is 7.84. The molecule has 4 saturated carbocycles. The third-order valence-corrected chi connectivity index (χ3v) is 6.04. The zero-order chi connectivity index (χ0) is 16.8. The molecule has 4 atom stereocenters. The lowest BCUT2D eigenvalue weighted by atomic mass is 9.48. The summed E-state index contributed by atoms with van der Waals surface area (Å²) >= 11 is 0. The fraction of sp³-hybridized carbons (Fsp3) is 0.650. The van der Waals surface area contributed by atoms with Crippen molar-refractivity contribution in [3.05, 3.63) is 29.8 Å². The van der Waals surface area contributed by atoms with Crippen molar-refractivity contribution in [2.45, 2.75) is 51.0 Å². The SMILES string of the molecule is Cc1cccc(OCCOC(=O)C23C[C@@H]4C[C@@H](CC(O)(C4)C2)C3)c1. The molecule has 1 N–H and O–H groups in total. The van der Waals surface area contributed by atoms with Crippen LogP contribution in [-0.4, -0.2) is 29.9 Å². The molecule has 5 rings (SSSR count). The minimum Gasteiger partial charge on any atom is -0.490 e. The third kappa shape index (κ3) is 2.92. The first-order valence-corrected chi connectivity index (χ1v) is 9.06. The van der Waals surface area contributed by atoms with E-state index in [0.29, 0.717) is 24.9 Å². The maximum Gasteiger partial charge on any atom is 0.312 e. The van der Waals surface area contributed by atoms with Gasteiger partial charge in [-0.1, -0.05) is 12.1 Å². The second kappa shape index (κ2) is 5.76. The van der Waals surface area contributed by atoms with Crippen LogP contribution in [0.2, 0.25) is 0 Å². The molecule has 0 heterocycles. The summed E-state index contributed by atoms with van der Waals surface area (Å²) in [6.07, 6.45) is 5.29. The molecule has 4 bridgehead atoms. The Labute approximate surface area is 143 Å². The minimum atomic E-state index is -0.624. The lowest BCUT2D eigenvalue weighted by Gasteiger charge is -2.58. The molecular formula is C20H26O4. The first-order chi connectivity index (χ1) is 11.5. The maximum absolute atomic E-state index is 12.7. The minimum absolute atomic E-state index is 0.122. The molecule has 2 unspecified atom stereocenters. The number of ether oxygens (including phenoxy) is 2. The number of rotatable bonds is 5. The Kier molecular flexibility index (Phi) is 3.83. The number of benzene rings is 1. The molecule has 0 amide bonds. The number of carbonyl (C=O) groups is 1. The standard InChI is InChI=1S/C20H26O4/c1-14-3-2-4-17(7-14)23-5-6-24-18(21)19-9-15-8-16(10-19)12-20(22,11-15)13-19/h2-4,7,15-16,22H,5-6,8-13H2,1H3/t15-,16+,19?,20?. The first kappa shape index (κ1) is 15.9. The number of aryl methyl sites for hydroxylation is 1. The molecule has 4 fully saturated rings. The molecule has 130 valence electrons. The fourth-order valence-electron chi connectivity index (χ4n) is 5.61. The van der Waals surface area contributed by atoms with Crippen LogP contribution >= 0.6 is 0 Å². The summed E-state index contributed by atoms with van der Waals surface area (Å²) in [5.41, 5.74) is 0.0786. The van der Waals surface area contributed by atoms with Crippen molar-refractivity contribution in [2.24, 2.45) is 17.3 Å². The average Bonchev–Trinajstić information content (AvgIpc) is 2.49. The van der Waals surface area contributed by atoms with E-state index in [2.05, 4.69) is 0 Å². The molecular weight excluding hydrogens is 304 g/mol. The van der Waals surface area contributed by atoms with E-state index in [1.807, 2.05) is 31.2 Å². The maximum atomic E-state index is 12.7. The van der Waals surface area contributed by atoms with E-state index in [-0.39, 0.29) is 12.6 Å². The molecule has 0 spiro atoms. The van der Waals surface area contributed by atoms with Gasteiger partial charge in [0.25, 0.3) is 0 Å². The van der Waals surface area contributed by atoms with Crippen LogP contribution in [0.4, 0.5) is 0 Å². The monoisotopic (exact) mass is 330 g/mol. The summed E-state index contributed by atoms with van der Waals surface area (Å²) in [7, 11) is 0. The number of hydrogen-bond acceptors (Lipinski definition) is 4. The van der Waals surface area contributed by atoms with Gasteiger partial charge in [0.2, 0.25) is 0 Å². The zero-order valence-electron chi connectivity index (χ0n) is 14.3. The molecule has 0 aliphatic heterocycles. The summed E-state index contributed by atoms with van der Waals surface area (Å²) in [5, 5.41) is 10.7. The first-order valence-electron chi connectivity index (χ1n) is 9.06. The quantitative estimate of drug-likeness (QED) is 0.665. The van der Waals surface area contributed by atoms with Crippen LogP contribution in [0.5, 0.6) is 5.75 Å². The van der Waals surface area contributed by atoms with E-state index in [9.17, 15) is 9.90 Å². The second-order valence-electron chi connectivity index (χ2n) is 8.27. The smallest absolute Gasteiger partial charge is 0.312 e. The summed E-state index contributed by atoms with van der Waals surface area (Å²) in [4.78, 5) is 12.7. The van der Waals surface area contributed by atoms with Crippen LogP contribution in [0.15, 0.2) is 24.3 Å². The largest absolute Gasteiger partial charge is 0.490 e. The van der Waals surface area contributed by atoms with Crippen molar-refractivity contribution in [1.82, 2.24) is 0 Å². The van der Waals surface area contributed by atoms with E-state index < -0.39 is 11.0 Å². The molecule has 0 aromatic heterocycles. The third-order valence-electron chi connectivity index (χ3n) is 6.04. The van der Waals surface area contributed by atoms with Gasteiger partial charge in [-0.3, -0.25) is 4.79 Å². The molecule has 1 aromatic carbocycles. The van der Waals surface area contributed by atoms with Crippen LogP contribution in [0.3, 0.4) is 0 Å². The lowest BCUT2D eigenvalue weighted by molar-refractivity contribution is -0.196. The van der Waals surface area contributed by atoms with E-state index >= 15 is 0 Å². The zero-order valence-corrected chi connectivity index (χ0v) is 14.3. The molecule has 0 saturated heterocycles. The van der Waals surface area contributed by atoms with Crippen molar-refractivity contribution in [3.8, 4) is 5.75 Å². The predicted octanol–water partition coefficient (Wildman–Crippen LogP) is 3.25. The summed E-state index contributed by atoms with van der Waals surface area (Å²) in [6.45, 7) is 2.65. The highest BCUT2D eigenvalue weighted by Gasteiger charge is 2.60. The van der Waals surface area contributed by atoms with Crippen molar-refractivity contribution >= 4 is 5.97 Å². The number of hydrogen-bond donors (Lipinski definition) is 1. The van der Waals surface area contributed by atoms with Gasteiger partial charge in [0.05, 0.1) is 11.0 Å². The normalized spacial score (nSPS) is 36.6. The van der Waals surface area contributed by atoms with Crippen LogP contribution in [0.1, 0.15) is 44.1 Å².